The van der Waals surface area contributed by atoms with Crippen molar-refractivity contribution in [2.45, 2.75) is 45.7 Å². The van der Waals surface area contributed by atoms with Crippen LogP contribution in [0.5, 0.6) is 0 Å². The van der Waals surface area contributed by atoms with E-state index in [-0.39, 0.29) is 5.54 Å². The third kappa shape index (κ3) is 2.85. The Balaban J connectivity index is 2.38. The molecule has 0 saturated carbocycles. The summed E-state index contributed by atoms with van der Waals surface area (Å²) in [5.41, 5.74) is 7.99. The van der Waals surface area contributed by atoms with Gasteiger partial charge in [0.25, 0.3) is 0 Å². The fourth-order valence-corrected chi connectivity index (χ4v) is 2.30. The van der Waals surface area contributed by atoms with E-state index in [4.69, 9.17) is 17.3 Å². The molecule has 0 aliphatic rings. The first-order valence-electron chi connectivity index (χ1n) is 6.34. The van der Waals surface area contributed by atoms with Crippen LogP contribution in [0.1, 0.15) is 33.0 Å². The molecule has 4 heteroatoms. The van der Waals surface area contributed by atoms with Crippen molar-refractivity contribution >= 4 is 22.6 Å². The molecule has 0 unspecified atom stereocenters. The first-order valence-corrected chi connectivity index (χ1v) is 6.72. The molecule has 0 saturated heterocycles. The predicted octanol–water partition coefficient (Wildman–Crippen LogP) is 3.38. The molecule has 98 valence electrons. The third-order valence-electron chi connectivity index (χ3n) is 3.10. The van der Waals surface area contributed by atoms with Gasteiger partial charge in [-0.15, -0.1) is 0 Å². The smallest absolute Gasteiger partial charge is 0.109 e. The number of aryl methyl sites for hydroxylation is 2. The topological polar surface area (TPSA) is 43.8 Å². The molecule has 0 radical (unpaired) electrons. The quantitative estimate of drug-likeness (QED) is 0.921. The second kappa shape index (κ2) is 4.90. The molecule has 2 aromatic rings. The maximum absolute atomic E-state index is 6.04. The Morgan fingerprint density at radius 1 is 1.39 bits per heavy atom. The maximum atomic E-state index is 6.04. The zero-order valence-corrected chi connectivity index (χ0v) is 12.0. The first kappa shape index (κ1) is 13.4. The lowest BCUT2D eigenvalue weighted by molar-refractivity contribution is 0.466. The molecule has 0 fully saturated rings. The fraction of sp³-hybridized carbons (Fsp3) is 0.500. The molecule has 0 bridgehead atoms. The van der Waals surface area contributed by atoms with E-state index in [2.05, 4.69) is 16.5 Å². The van der Waals surface area contributed by atoms with E-state index in [1.807, 2.05) is 32.0 Å². The summed E-state index contributed by atoms with van der Waals surface area (Å²) in [6.07, 6.45) is 1.81. The van der Waals surface area contributed by atoms with E-state index in [9.17, 15) is 0 Å². The predicted molar refractivity (Wildman–Crippen MR) is 77.0 cm³/mol. The number of hydrogen-bond donors (Lipinski definition) is 1. The van der Waals surface area contributed by atoms with Crippen LogP contribution in [0.4, 0.5) is 0 Å². The summed E-state index contributed by atoms with van der Waals surface area (Å²) >= 11 is 6.00. The summed E-state index contributed by atoms with van der Waals surface area (Å²) in [7, 11) is 0. The zero-order chi connectivity index (χ0) is 13.3. The minimum Gasteiger partial charge on any atom is -0.328 e. The number of aromatic nitrogens is 2. The van der Waals surface area contributed by atoms with Gasteiger partial charge in [-0.1, -0.05) is 11.6 Å². The Morgan fingerprint density at radius 3 is 2.72 bits per heavy atom. The van der Waals surface area contributed by atoms with Gasteiger partial charge >= 0.3 is 0 Å². The Hall–Kier alpha value is -1.06. The monoisotopic (exact) mass is 265 g/mol. The zero-order valence-electron chi connectivity index (χ0n) is 11.2. The molecule has 1 heterocycles. The molecule has 2 rings (SSSR count). The van der Waals surface area contributed by atoms with Crippen LogP contribution in [0.15, 0.2) is 18.2 Å². The van der Waals surface area contributed by atoms with Crippen molar-refractivity contribution in [2.75, 3.05) is 0 Å². The second-order valence-corrected chi connectivity index (χ2v) is 5.83. The molecule has 1 aromatic carbocycles. The minimum absolute atomic E-state index is 0.158. The van der Waals surface area contributed by atoms with Gasteiger partial charge < -0.3 is 10.3 Å². The number of benzene rings is 1. The van der Waals surface area contributed by atoms with E-state index < -0.39 is 0 Å². The first-order chi connectivity index (χ1) is 8.40. The van der Waals surface area contributed by atoms with E-state index in [1.54, 1.807) is 0 Å². The van der Waals surface area contributed by atoms with Crippen LogP contribution in [0.3, 0.4) is 0 Å². The van der Waals surface area contributed by atoms with Gasteiger partial charge in [-0.3, -0.25) is 0 Å². The van der Waals surface area contributed by atoms with Crippen LogP contribution in [0.2, 0.25) is 5.02 Å². The highest BCUT2D eigenvalue weighted by atomic mass is 35.5. The van der Waals surface area contributed by atoms with Gasteiger partial charge in [-0.05, 0) is 45.4 Å². The van der Waals surface area contributed by atoms with Crippen LogP contribution in [-0.2, 0) is 13.0 Å². The standard InChI is InChI=1S/C14H20ClN3/c1-4-18-12-6-5-10(15)9-11(12)17-13(18)7-8-14(2,3)16/h5-6,9H,4,7-8,16H2,1-3H3. The van der Waals surface area contributed by atoms with Gasteiger partial charge in [0.15, 0.2) is 0 Å². The van der Waals surface area contributed by atoms with Crippen LogP contribution in [0.25, 0.3) is 11.0 Å². The molecule has 18 heavy (non-hydrogen) atoms. The molecule has 0 atom stereocenters. The van der Waals surface area contributed by atoms with Crippen molar-refractivity contribution in [2.24, 2.45) is 5.73 Å². The van der Waals surface area contributed by atoms with Crippen molar-refractivity contribution < 1.29 is 0 Å². The van der Waals surface area contributed by atoms with Crippen molar-refractivity contribution in [3.8, 4) is 0 Å². The van der Waals surface area contributed by atoms with Crippen molar-refractivity contribution in [1.29, 1.82) is 0 Å². The molecule has 1 aromatic heterocycles. The highest BCUT2D eigenvalue weighted by Crippen LogP contribution is 2.22. The molecule has 3 nitrogen and oxygen atoms in total. The average molecular weight is 266 g/mol. The van der Waals surface area contributed by atoms with E-state index >= 15 is 0 Å². The SMILES string of the molecule is CCn1c(CCC(C)(C)N)nc2cc(Cl)ccc21. The maximum Gasteiger partial charge on any atom is 0.109 e. The largest absolute Gasteiger partial charge is 0.328 e. The second-order valence-electron chi connectivity index (χ2n) is 5.39. The lowest BCUT2D eigenvalue weighted by atomic mass is 10.00. The van der Waals surface area contributed by atoms with Crippen LogP contribution in [-0.4, -0.2) is 15.1 Å². The number of fused-ring (bicyclic) bond motifs is 1. The molecule has 0 spiro atoms. The Labute approximate surface area is 113 Å². The van der Waals surface area contributed by atoms with Gasteiger partial charge in [-0.2, -0.15) is 0 Å². The normalized spacial score (nSPS) is 12.3. The Morgan fingerprint density at radius 2 is 2.11 bits per heavy atom. The van der Waals surface area contributed by atoms with E-state index in [1.165, 1.54) is 0 Å². The minimum atomic E-state index is -0.158. The highest BCUT2D eigenvalue weighted by molar-refractivity contribution is 6.31. The summed E-state index contributed by atoms with van der Waals surface area (Å²) in [6, 6.07) is 5.86. The number of hydrogen-bond acceptors (Lipinski definition) is 2. The van der Waals surface area contributed by atoms with E-state index in [0.717, 1.165) is 41.3 Å². The molecule has 0 aliphatic carbocycles. The van der Waals surface area contributed by atoms with Crippen LogP contribution in [0, 0.1) is 0 Å². The van der Waals surface area contributed by atoms with Gasteiger partial charge in [0.1, 0.15) is 5.82 Å². The van der Waals surface area contributed by atoms with Crippen molar-refractivity contribution in [1.82, 2.24) is 9.55 Å². The van der Waals surface area contributed by atoms with Gasteiger partial charge in [0.2, 0.25) is 0 Å². The summed E-state index contributed by atoms with van der Waals surface area (Å²) < 4.78 is 2.23. The van der Waals surface area contributed by atoms with Crippen LogP contribution < -0.4 is 5.73 Å². The summed E-state index contributed by atoms with van der Waals surface area (Å²) in [5, 5.41) is 0.731. The number of imidazole rings is 1. The van der Waals surface area contributed by atoms with Crippen molar-refractivity contribution in [3.05, 3.63) is 29.0 Å². The Kier molecular flexibility index (Phi) is 3.64. The number of rotatable bonds is 4. The lowest BCUT2D eigenvalue weighted by Gasteiger charge is -2.18. The van der Waals surface area contributed by atoms with Gasteiger partial charge in [0.05, 0.1) is 11.0 Å². The van der Waals surface area contributed by atoms with Gasteiger partial charge in [-0.25, -0.2) is 4.98 Å². The molecular weight excluding hydrogens is 246 g/mol. The fourth-order valence-electron chi connectivity index (χ4n) is 2.13. The van der Waals surface area contributed by atoms with E-state index in [0.29, 0.717) is 0 Å². The van der Waals surface area contributed by atoms with Crippen LogP contribution >= 0.6 is 11.6 Å². The summed E-state index contributed by atoms with van der Waals surface area (Å²) in [6.45, 7) is 7.14. The lowest BCUT2D eigenvalue weighted by Crippen LogP contribution is -2.32. The average Bonchev–Trinajstić information content (AvgIpc) is 2.62. The molecule has 2 N–H and O–H groups in total. The summed E-state index contributed by atoms with van der Waals surface area (Å²) in [4.78, 5) is 4.67. The van der Waals surface area contributed by atoms with Gasteiger partial charge in [0, 0.05) is 23.5 Å². The molecular formula is C14H20ClN3. The number of nitrogens with two attached hydrogens (primary N) is 1. The summed E-state index contributed by atoms with van der Waals surface area (Å²) in [5.74, 6) is 1.09. The molecule has 0 amide bonds. The molecule has 0 aliphatic heterocycles. The number of halogens is 1. The highest BCUT2D eigenvalue weighted by Gasteiger charge is 2.15. The van der Waals surface area contributed by atoms with Crippen molar-refractivity contribution in [3.63, 3.8) is 0 Å². The third-order valence-corrected chi connectivity index (χ3v) is 3.33. The Bertz CT molecular complexity index is 552. The number of nitrogens with zero attached hydrogens (tertiary/aromatic N) is 2.